The van der Waals surface area contributed by atoms with Crippen LogP contribution in [0.3, 0.4) is 0 Å². The molecule has 0 spiro atoms. The molecule has 1 aromatic rings. The normalized spacial score (nSPS) is 25.9. The highest BCUT2D eigenvalue weighted by atomic mass is 15.0. The molecule has 1 aromatic carbocycles. The number of rotatable bonds is 2. The van der Waals surface area contributed by atoms with Crippen LogP contribution in [-0.2, 0) is 12.8 Å². The van der Waals surface area contributed by atoms with Crippen LogP contribution < -0.4 is 5.32 Å². The summed E-state index contributed by atoms with van der Waals surface area (Å²) in [4.78, 5) is 0. The predicted octanol–water partition coefficient (Wildman–Crippen LogP) is 2.30. The molecule has 0 aliphatic heterocycles. The standard InChI is InChI=1S/C13H17N/c1-2-4-11-9-13(14-12-7-8-12)6-5-10(11)3-1/h1-4,12-14H,5-9H2/t13-/m0/s1. The van der Waals surface area contributed by atoms with Crippen LogP contribution in [-0.4, -0.2) is 12.1 Å². The van der Waals surface area contributed by atoms with Gasteiger partial charge in [-0.15, -0.1) is 0 Å². The van der Waals surface area contributed by atoms with Gasteiger partial charge in [0, 0.05) is 12.1 Å². The SMILES string of the molecule is c1ccc2c(c1)CC[C@H](NC1CC1)C2. The zero-order valence-corrected chi connectivity index (χ0v) is 8.50. The largest absolute Gasteiger partial charge is 0.311 e. The Hall–Kier alpha value is -0.820. The van der Waals surface area contributed by atoms with Gasteiger partial charge in [0.15, 0.2) is 0 Å². The van der Waals surface area contributed by atoms with Crippen molar-refractivity contribution in [3.8, 4) is 0 Å². The first kappa shape index (κ1) is 8.49. The average Bonchev–Trinajstić information content (AvgIpc) is 3.02. The van der Waals surface area contributed by atoms with Crippen molar-refractivity contribution in [1.82, 2.24) is 5.32 Å². The van der Waals surface area contributed by atoms with Gasteiger partial charge in [-0.3, -0.25) is 0 Å². The summed E-state index contributed by atoms with van der Waals surface area (Å²) < 4.78 is 0. The van der Waals surface area contributed by atoms with Crippen LogP contribution in [0.15, 0.2) is 24.3 Å². The third-order valence-corrected chi connectivity index (χ3v) is 3.40. The van der Waals surface area contributed by atoms with Gasteiger partial charge in [-0.2, -0.15) is 0 Å². The van der Waals surface area contributed by atoms with Crippen molar-refractivity contribution in [3.63, 3.8) is 0 Å². The van der Waals surface area contributed by atoms with E-state index in [-0.39, 0.29) is 0 Å². The first-order chi connectivity index (χ1) is 6.92. The van der Waals surface area contributed by atoms with Crippen molar-refractivity contribution >= 4 is 0 Å². The lowest BCUT2D eigenvalue weighted by atomic mass is 9.88. The van der Waals surface area contributed by atoms with Gasteiger partial charge >= 0.3 is 0 Å². The molecule has 0 bridgehead atoms. The van der Waals surface area contributed by atoms with Crippen LogP contribution in [0.4, 0.5) is 0 Å². The van der Waals surface area contributed by atoms with E-state index in [0.717, 1.165) is 12.1 Å². The van der Waals surface area contributed by atoms with E-state index in [1.807, 2.05) is 0 Å². The first-order valence-corrected chi connectivity index (χ1v) is 5.74. The molecule has 14 heavy (non-hydrogen) atoms. The molecule has 0 aromatic heterocycles. The Morgan fingerprint density at radius 3 is 2.50 bits per heavy atom. The highest BCUT2D eigenvalue weighted by Crippen LogP contribution is 2.25. The third-order valence-electron chi connectivity index (χ3n) is 3.40. The maximum Gasteiger partial charge on any atom is 0.0113 e. The second-order valence-electron chi connectivity index (χ2n) is 4.65. The molecule has 2 aliphatic carbocycles. The van der Waals surface area contributed by atoms with Crippen molar-refractivity contribution in [2.24, 2.45) is 0 Å². The van der Waals surface area contributed by atoms with Gasteiger partial charge in [-0.05, 0) is 43.2 Å². The number of nitrogens with one attached hydrogen (secondary N) is 1. The van der Waals surface area contributed by atoms with E-state index < -0.39 is 0 Å². The quantitative estimate of drug-likeness (QED) is 0.749. The summed E-state index contributed by atoms with van der Waals surface area (Å²) in [6.45, 7) is 0. The lowest BCUT2D eigenvalue weighted by Crippen LogP contribution is -2.35. The topological polar surface area (TPSA) is 12.0 Å². The molecule has 0 radical (unpaired) electrons. The number of aryl methyl sites for hydroxylation is 1. The van der Waals surface area contributed by atoms with Crippen molar-refractivity contribution in [2.75, 3.05) is 0 Å². The van der Waals surface area contributed by atoms with Crippen molar-refractivity contribution in [2.45, 2.75) is 44.2 Å². The van der Waals surface area contributed by atoms with E-state index in [9.17, 15) is 0 Å². The summed E-state index contributed by atoms with van der Waals surface area (Å²) in [5, 5.41) is 3.73. The van der Waals surface area contributed by atoms with Gasteiger partial charge in [0.25, 0.3) is 0 Å². The van der Waals surface area contributed by atoms with Gasteiger partial charge in [0.2, 0.25) is 0 Å². The Bertz CT molecular complexity index is 328. The molecule has 74 valence electrons. The third kappa shape index (κ3) is 1.69. The van der Waals surface area contributed by atoms with Gasteiger partial charge < -0.3 is 5.32 Å². The highest BCUT2D eigenvalue weighted by Gasteiger charge is 2.26. The molecule has 3 rings (SSSR count). The number of fused-ring (bicyclic) bond motifs is 1. The molecular formula is C13H17N. The number of hydrogen-bond acceptors (Lipinski definition) is 1. The van der Waals surface area contributed by atoms with Crippen molar-refractivity contribution < 1.29 is 0 Å². The van der Waals surface area contributed by atoms with Crippen LogP contribution in [0, 0.1) is 0 Å². The van der Waals surface area contributed by atoms with E-state index in [1.54, 1.807) is 11.1 Å². The average molecular weight is 187 g/mol. The van der Waals surface area contributed by atoms with Gasteiger partial charge in [0.1, 0.15) is 0 Å². The van der Waals surface area contributed by atoms with E-state index >= 15 is 0 Å². The second kappa shape index (κ2) is 3.39. The zero-order valence-electron chi connectivity index (χ0n) is 8.50. The molecule has 0 heterocycles. The minimum Gasteiger partial charge on any atom is -0.311 e. The Labute approximate surface area is 85.5 Å². The highest BCUT2D eigenvalue weighted by molar-refractivity contribution is 5.30. The maximum atomic E-state index is 3.73. The summed E-state index contributed by atoms with van der Waals surface area (Å²) in [6, 6.07) is 10.5. The van der Waals surface area contributed by atoms with E-state index in [2.05, 4.69) is 29.6 Å². The lowest BCUT2D eigenvalue weighted by molar-refractivity contribution is 0.456. The summed E-state index contributed by atoms with van der Waals surface area (Å²) >= 11 is 0. The minimum atomic E-state index is 0.748. The Morgan fingerprint density at radius 1 is 0.929 bits per heavy atom. The van der Waals surface area contributed by atoms with Crippen LogP contribution in [0.25, 0.3) is 0 Å². The fourth-order valence-electron chi connectivity index (χ4n) is 2.42. The van der Waals surface area contributed by atoms with Crippen molar-refractivity contribution in [3.05, 3.63) is 35.4 Å². The van der Waals surface area contributed by atoms with Crippen LogP contribution in [0.5, 0.6) is 0 Å². The Morgan fingerprint density at radius 2 is 1.71 bits per heavy atom. The summed E-state index contributed by atoms with van der Waals surface area (Å²) in [5.41, 5.74) is 3.14. The van der Waals surface area contributed by atoms with Crippen LogP contribution in [0.2, 0.25) is 0 Å². The fraction of sp³-hybridized carbons (Fsp3) is 0.538. The van der Waals surface area contributed by atoms with E-state index in [1.165, 1.54) is 32.1 Å². The lowest BCUT2D eigenvalue weighted by Gasteiger charge is -2.25. The first-order valence-electron chi connectivity index (χ1n) is 5.74. The molecule has 0 saturated heterocycles. The van der Waals surface area contributed by atoms with Gasteiger partial charge in [-0.1, -0.05) is 24.3 Å². The zero-order chi connectivity index (χ0) is 9.38. The molecule has 1 saturated carbocycles. The minimum absolute atomic E-state index is 0.748. The monoisotopic (exact) mass is 187 g/mol. The molecule has 2 aliphatic rings. The molecule has 1 atom stereocenters. The molecule has 0 amide bonds. The Balaban J connectivity index is 1.72. The fourth-order valence-corrected chi connectivity index (χ4v) is 2.42. The Kier molecular flexibility index (Phi) is 2.06. The molecular weight excluding hydrogens is 170 g/mol. The molecule has 1 nitrogen and oxygen atoms in total. The molecule has 1 N–H and O–H groups in total. The van der Waals surface area contributed by atoms with Crippen LogP contribution >= 0.6 is 0 Å². The van der Waals surface area contributed by atoms with Gasteiger partial charge in [-0.25, -0.2) is 0 Å². The van der Waals surface area contributed by atoms with E-state index in [4.69, 9.17) is 0 Å². The number of benzene rings is 1. The maximum absolute atomic E-state index is 3.73. The molecule has 1 heteroatoms. The summed E-state index contributed by atoms with van der Waals surface area (Å²) in [5.74, 6) is 0. The number of hydrogen-bond donors (Lipinski definition) is 1. The summed E-state index contributed by atoms with van der Waals surface area (Å²) in [7, 11) is 0. The van der Waals surface area contributed by atoms with Crippen LogP contribution in [0.1, 0.15) is 30.4 Å². The van der Waals surface area contributed by atoms with Crippen molar-refractivity contribution in [1.29, 1.82) is 0 Å². The smallest absolute Gasteiger partial charge is 0.0113 e. The molecule has 1 fully saturated rings. The van der Waals surface area contributed by atoms with E-state index in [0.29, 0.717) is 0 Å². The molecule has 0 unspecified atom stereocenters. The summed E-state index contributed by atoms with van der Waals surface area (Å²) in [6.07, 6.45) is 6.64. The van der Waals surface area contributed by atoms with Gasteiger partial charge in [0.05, 0.1) is 0 Å². The predicted molar refractivity (Wildman–Crippen MR) is 58.4 cm³/mol. The second-order valence-corrected chi connectivity index (χ2v) is 4.65.